The van der Waals surface area contributed by atoms with Gasteiger partial charge >= 0.3 is 0 Å². The number of hydrogen-bond donors (Lipinski definition) is 5. The number of benzene rings is 3. The molecule has 6 rings (SSSR count). The smallest absolute Gasteiger partial charge is 0.249 e. The van der Waals surface area contributed by atoms with Crippen LogP contribution in [0.1, 0.15) is 44.7 Å². The van der Waals surface area contributed by atoms with E-state index in [1.165, 1.54) is 0 Å². The molecule has 0 aliphatic carbocycles. The van der Waals surface area contributed by atoms with Crippen LogP contribution in [0.25, 0.3) is 0 Å². The molecule has 1 unspecified atom stereocenters. The van der Waals surface area contributed by atoms with Gasteiger partial charge in [0.1, 0.15) is 24.2 Å². The Labute approximate surface area is 317 Å². The summed E-state index contributed by atoms with van der Waals surface area (Å²) in [5.41, 5.74) is 3.64. The lowest BCUT2D eigenvalue weighted by atomic mass is 10.0. The fourth-order valence-electron chi connectivity index (χ4n) is 6.25. The molecule has 0 radical (unpaired) electrons. The molecule has 0 bridgehead atoms. The molecule has 2 fully saturated rings. The van der Waals surface area contributed by atoms with Gasteiger partial charge in [-0.25, -0.2) is 18.1 Å². The van der Waals surface area contributed by atoms with Crippen molar-refractivity contribution in [3.63, 3.8) is 0 Å². The molecule has 3 aromatic carbocycles. The van der Waals surface area contributed by atoms with E-state index < -0.39 is 21.6 Å². The van der Waals surface area contributed by atoms with Gasteiger partial charge in [-0.15, -0.1) is 0 Å². The molecule has 1 atom stereocenters. The predicted molar refractivity (Wildman–Crippen MR) is 210 cm³/mol. The molecular formula is C39H49N9O5S. The summed E-state index contributed by atoms with van der Waals surface area (Å²) >= 11 is 0. The second-order valence-corrected chi connectivity index (χ2v) is 16.3. The highest BCUT2D eigenvalue weighted by atomic mass is 32.2. The average Bonchev–Trinajstić information content (AvgIpc) is 3.12. The third-order valence-electron chi connectivity index (χ3n) is 9.05. The van der Waals surface area contributed by atoms with Crippen molar-refractivity contribution in [1.82, 2.24) is 29.8 Å². The quantitative estimate of drug-likeness (QED) is 0.112. The number of rotatable bonds is 14. The molecule has 2 amide bonds. The lowest BCUT2D eigenvalue weighted by Gasteiger charge is -2.35. The van der Waals surface area contributed by atoms with Gasteiger partial charge in [0.2, 0.25) is 27.8 Å². The fraction of sp³-hybridized carbons (Fsp3) is 0.385. The number of ether oxygens (including phenoxy) is 1. The summed E-state index contributed by atoms with van der Waals surface area (Å²) in [5, 5.41) is 12.2. The number of para-hydroxylation sites is 1. The average molecular weight is 756 g/mol. The number of carbonyl (C=O) groups is 2. The Morgan fingerprint density at radius 3 is 2.39 bits per heavy atom. The first-order valence-corrected chi connectivity index (χ1v) is 19.7. The van der Waals surface area contributed by atoms with Crippen molar-refractivity contribution in [2.45, 2.75) is 63.6 Å². The molecule has 2 aliphatic heterocycles. The molecule has 54 heavy (non-hydrogen) atoms. The Kier molecular flexibility index (Phi) is 12.1. The first-order valence-electron chi connectivity index (χ1n) is 18.2. The Morgan fingerprint density at radius 2 is 1.65 bits per heavy atom. The summed E-state index contributed by atoms with van der Waals surface area (Å²) < 4.78 is 34.5. The highest BCUT2D eigenvalue weighted by molar-refractivity contribution is 7.89. The van der Waals surface area contributed by atoms with Crippen molar-refractivity contribution in [3.8, 4) is 5.75 Å². The second kappa shape index (κ2) is 16.9. The van der Waals surface area contributed by atoms with Gasteiger partial charge in [-0.1, -0.05) is 24.3 Å². The highest BCUT2D eigenvalue weighted by Crippen LogP contribution is 2.25. The molecule has 0 saturated carbocycles. The van der Waals surface area contributed by atoms with Crippen LogP contribution in [0.15, 0.2) is 83.9 Å². The van der Waals surface area contributed by atoms with Crippen LogP contribution in [0, 0.1) is 6.92 Å². The third-order valence-corrected chi connectivity index (χ3v) is 10.8. The highest BCUT2D eigenvalue weighted by Gasteiger charge is 2.27. The predicted octanol–water partition coefficient (Wildman–Crippen LogP) is 4.76. The standard InChI is InChI=1S/C39H49N9O5S/c1-27-25-40-38(45-36(27)41-30-9-7-10-32(24-30)54(51,52)46-39(2,3)4)42-29-12-14-31(15-13-29)53-23-22-47-18-20-48(21-19-47)26-28-8-5-6-11-33(28)43-34-16-17-35(49)44-37(34)50/h5-15,24-25,34,43,46H,16-23,26H2,1-4H3,(H,44,49,50)(H2,40,41,42,45). The van der Waals surface area contributed by atoms with Gasteiger partial charge < -0.3 is 20.7 Å². The van der Waals surface area contributed by atoms with E-state index in [2.05, 4.69) is 51.8 Å². The number of amides is 2. The van der Waals surface area contributed by atoms with Crippen molar-refractivity contribution >= 4 is 50.7 Å². The van der Waals surface area contributed by atoms with Gasteiger partial charge in [-0.2, -0.15) is 4.98 Å². The third kappa shape index (κ3) is 10.7. The number of imide groups is 1. The summed E-state index contributed by atoms with van der Waals surface area (Å²) in [6.07, 6.45) is 2.54. The van der Waals surface area contributed by atoms with Crippen molar-refractivity contribution < 1.29 is 22.7 Å². The minimum Gasteiger partial charge on any atom is -0.492 e. The molecule has 1 aromatic heterocycles. The molecule has 3 heterocycles. The van der Waals surface area contributed by atoms with Crippen LogP contribution in [0.2, 0.25) is 0 Å². The monoisotopic (exact) mass is 755 g/mol. The van der Waals surface area contributed by atoms with Crippen molar-refractivity contribution in [2.75, 3.05) is 55.3 Å². The fourth-order valence-corrected chi connectivity index (χ4v) is 7.72. The van der Waals surface area contributed by atoms with Crippen molar-refractivity contribution in [3.05, 3.63) is 90.1 Å². The molecule has 14 nitrogen and oxygen atoms in total. The van der Waals surface area contributed by atoms with Gasteiger partial charge in [-0.3, -0.25) is 24.7 Å². The van der Waals surface area contributed by atoms with Crippen LogP contribution in [0.4, 0.5) is 28.8 Å². The minimum atomic E-state index is -3.69. The van der Waals surface area contributed by atoms with Gasteiger partial charge in [0.05, 0.1) is 4.90 Å². The Hall–Kier alpha value is -5.09. The number of anilines is 5. The minimum absolute atomic E-state index is 0.161. The van der Waals surface area contributed by atoms with E-state index in [9.17, 15) is 18.0 Å². The summed E-state index contributed by atoms with van der Waals surface area (Å²) in [4.78, 5) is 37.9. The maximum absolute atomic E-state index is 12.9. The molecule has 2 saturated heterocycles. The molecule has 4 aromatic rings. The number of piperazine rings is 1. The first kappa shape index (κ1) is 38.6. The Balaban J connectivity index is 0.947. The number of aryl methyl sites for hydroxylation is 1. The number of hydrogen-bond acceptors (Lipinski definition) is 12. The van der Waals surface area contributed by atoms with Gasteiger partial charge in [0.15, 0.2) is 0 Å². The van der Waals surface area contributed by atoms with Crippen LogP contribution >= 0.6 is 0 Å². The number of aromatic nitrogens is 2. The molecule has 15 heteroatoms. The summed E-state index contributed by atoms with van der Waals surface area (Å²) in [5.74, 6) is 1.23. The second-order valence-electron chi connectivity index (χ2n) is 14.7. The van der Waals surface area contributed by atoms with Crippen LogP contribution in [0.5, 0.6) is 5.75 Å². The van der Waals surface area contributed by atoms with Gasteiger partial charge in [0, 0.05) is 80.1 Å². The van der Waals surface area contributed by atoms with E-state index in [-0.39, 0.29) is 16.7 Å². The number of carbonyl (C=O) groups excluding carboxylic acids is 2. The SMILES string of the molecule is Cc1cnc(Nc2ccc(OCCN3CCN(Cc4ccccc4NC4CCC(=O)NC4=O)CC3)cc2)nc1Nc1cccc(S(=O)(=O)NC(C)(C)C)c1. The maximum Gasteiger partial charge on any atom is 0.249 e. The number of piperidine rings is 1. The lowest BCUT2D eigenvalue weighted by molar-refractivity contribution is -0.133. The zero-order valence-electron chi connectivity index (χ0n) is 31.2. The summed E-state index contributed by atoms with van der Waals surface area (Å²) in [6.45, 7) is 13.2. The van der Waals surface area contributed by atoms with E-state index in [0.29, 0.717) is 36.9 Å². The maximum atomic E-state index is 12.9. The topological polar surface area (TPSA) is 170 Å². The molecule has 2 aliphatic rings. The van der Waals surface area contributed by atoms with Crippen LogP contribution < -0.4 is 30.7 Å². The molecule has 286 valence electrons. The van der Waals surface area contributed by atoms with Gasteiger partial charge in [0.25, 0.3) is 0 Å². The Bertz CT molecular complexity index is 2050. The number of sulfonamides is 1. The number of nitrogens with zero attached hydrogens (tertiary/aromatic N) is 4. The Morgan fingerprint density at radius 1 is 0.907 bits per heavy atom. The van der Waals surface area contributed by atoms with Gasteiger partial charge in [-0.05, 0) is 88.2 Å². The molecular weight excluding hydrogens is 707 g/mol. The van der Waals surface area contributed by atoms with Crippen LogP contribution in [0.3, 0.4) is 0 Å². The summed E-state index contributed by atoms with van der Waals surface area (Å²) in [6, 6.07) is 21.9. The zero-order valence-corrected chi connectivity index (χ0v) is 32.0. The first-order chi connectivity index (χ1) is 25.8. The normalized spacial score (nSPS) is 17.1. The zero-order chi connectivity index (χ0) is 38.3. The van der Waals surface area contributed by atoms with E-state index >= 15 is 0 Å². The van der Waals surface area contributed by atoms with Crippen molar-refractivity contribution in [2.24, 2.45) is 0 Å². The largest absolute Gasteiger partial charge is 0.492 e. The van der Waals surface area contributed by atoms with Crippen LogP contribution in [-0.4, -0.2) is 90.9 Å². The van der Waals surface area contributed by atoms with Crippen LogP contribution in [-0.2, 0) is 26.2 Å². The lowest BCUT2D eigenvalue weighted by Crippen LogP contribution is -2.48. The number of nitrogens with one attached hydrogen (secondary N) is 5. The van der Waals surface area contributed by atoms with E-state index in [1.807, 2.05) is 49.4 Å². The van der Waals surface area contributed by atoms with E-state index in [0.717, 1.165) is 67.5 Å². The van der Waals surface area contributed by atoms with E-state index in [4.69, 9.17) is 4.74 Å². The molecule has 5 N–H and O–H groups in total. The van der Waals surface area contributed by atoms with Crippen molar-refractivity contribution in [1.29, 1.82) is 0 Å². The summed E-state index contributed by atoms with van der Waals surface area (Å²) in [7, 11) is -3.69. The molecule has 0 spiro atoms. The van der Waals surface area contributed by atoms with E-state index in [1.54, 1.807) is 51.2 Å².